The lowest BCUT2D eigenvalue weighted by molar-refractivity contribution is -0.0541. The molecule has 1 unspecified atom stereocenters. The molecule has 7 heteroatoms. The van der Waals surface area contributed by atoms with Gasteiger partial charge in [-0.2, -0.15) is 4.98 Å². The van der Waals surface area contributed by atoms with E-state index in [0.717, 1.165) is 5.69 Å². The van der Waals surface area contributed by atoms with Crippen molar-refractivity contribution >= 4 is 11.5 Å². The second-order valence-corrected chi connectivity index (χ2v) is 5.66. The third-order valence-electron chi connectivity index (χ3n) is 4.14. The molecule has 1 aromatic carbocycles. The normalized spacial score (nSPS) is 26.5. The van der Waals surface area contributed by atoms with Gasteiger partial charge in [-0.3, -0.25) is 4.57 Å². The Hall–Kier alpha value is -2.22. The van der Waals surface area contributed by atoms with Crippen molar-refractivity contribution in [3.63, 3.8) is 0 Å². The van der Waals surface area contributed by atoms with Crippen molar-refractivity contribution in [1.82, 2.24) is 9.55 Å². The molecule has 0 bridgehead atoms. The number of methoxy groups -OCH3 is 1. The Bertz CT molecular complexity index is 734. The first-order chi connectivity index (χ1) is 11.6. The molecule has 3 rings (SSSR count). The highest BCUT2D eigenvalue weighted by Crippen LogP contribution is 2.31. The van der Waals surface area contributed by atoms with E-state index in [2.05, 4.69) is 10.3 Å². The van der Waals surface area contributed by atoms with Gasteiger partial charge < -0.3 is 19.9 Å². The lowest BCUT2D eigenvalue weighted by Crippen LogP contribution is -2.36. The Morgan fingerprint density at radius 1 is 1.33 bits per heavy atom. The third-order valence-corrected chi connectivity index (χ3v) is 4.14. The van der Waals surface area contributed by atoms with Gasteiger partial charge >= 0.3 is 5.69 Å². The van der Waals surface area contributed by atoms with Crippen molar-refractivity contribution in [2.45, 2.75) is 37.9 Å². The fourth-order valence-corrected chi connectivity index (χ4v) is 2.88. The van der Waals surface area contributed by atoms with E-state index in [-0.39, 0.29) is 6.10 Å². The highest BCUT2D eigenvalue weighted by Gasteiger charge is 2.44. The fourth-order valence-electron chi connectivity index (χ4n) is 2.88. The number of rotatable bonds is 5. The zero-order valence-electron chi connectivity index (χ0n) is 13.6. The SMILES string of the molecule is CC[C@H]1O[C@@H](n2ccc(Nc3ccccc3)nc2=O)C(OC)[C@H]1O. The minimum Gasteiger partial charge on any atom is -0.388 e. The van der Waals surface area contributed by atoms with Crippen LogP contribution in [0, 0.1) is 0 Å². The molecule has 0 aliphatic carbocycles. The number of anilines is 2. The van der Waals surface area contributed by atoms with Gasteiger partial charge in [-0.25, -0.2) is 4.79 Å². The highest BCUT2D eigenvalue weighted by molar-refractivity contribution is 5.54. The maximum atomic E-state index is 12.4. The maximum absolute atomic E-state index is 12.4. The van der Waals surface area contributed by atoms with Crippen LogP contribution in [0.3, 0.4) is 0 Å². The van der Waals surface area contributed by atoms with Crippen LogP contribution in [-0.4, -0.2) is 40.1 Å². The smallest absolute Gasteiger partial charge is 0.351 e. The van der Waals surface area contributed by atoms with E-state index in [4.69, 9.17) is 9.47 Å². The van der Waals surface area contributed by atoms with E-state index in [1.165, 1.54) is 11.7 Å². The number of nitrogens with one attached hydrogen (secondary N) is 1. The summed E-state index contributed by atoms with van der Waals surface area (Å²) in [4.78, 5) is 16.4. The van der Waals surface area contributed by atoms with Crippen LogP contribution in [0.15, 0.2) is 47.4 Å². The summed E-state index contributed by atoms with van der Waals surface area (Å²) in [5.41, 5.74) is 0.377. The number of aliphatic hydroxyl groups excluding tert-OH is 1. The van der Waals surface area contributed by atoms with Gasteiger partial charge in [0.15, 0.2) is 6.23 Å². The molecular weight excluding hydrogens is 310 g/mol. The standard InChI is InChI=1S/C17H21N3O4/c1-3-12-14(21)15(23-2)16(24-12)20-10-9-13(19-17(20)22)18-11-7-5-4-6-8-11/h4-10,12,14-16,21H,3H2,1-2H3,(H,18,19,22)/t12-,14+,15?,16-/m1/s1. The number of benzene rings is 1. The van der Waals surface area contributed by atoms with Gasteiger partial charge in [0.05, 0.1) is 6.10 Å². The van der Waals surface area contributed by atoms with Crippen molar-refractivity contribution in [3.05, 3.63) is 53.1 Å². The molecule has 2 aromatic rings. The monoisotopic (exact) mass is 331 g/mol. The predicted molar refractivity (Wildman–Crippen MR) is 89.2 cm³/mol. The summed E-state index contributed by atoms with van der Waals surface area (Å²) in [6.45, 7) is 1.91. The van der Waals surface area contributed by atoms with Crippen LogP contribution in [0.5, 0.6) is 0 Å². The molecule has 2 heterocycles. The van der Waals surface area contributed by atoms with Crippen LogP contribution in [0.1, 0.15) is 19.6 Å². The molecular formula is C17H21N3O4. The number of ether oxygens (including phenoxy) is 2. The summed E-state index contributed by atoms with van der Waals surface area (Å²) in [6, 6.07) is 11.2. The average Bonchev–Trinajstić information content (AvgIpc) is 2.91. The molecule has 1 aliphatic heterocycles. The molecule has 2 N–H and O–H groups in total. The van der Waals surface area contributed by atoms with Crippen LogP contribution in [0.25, 0.3) is 0 Å². The topological polar surface area (TPSA) is 85.6 Å². The van der Waals surface area contributed by atoms with Crippen molar-refractivity contribution in [2.75, 3.05) is 12.4 Å². The van der Waals surface area contributed by atoms with E-state index in [1.807, 2.05) is 37.3 Å². The fraction of sp³-hybridized carbons (Fsp3) is 0.412. The van der Waals surface area contributed by atoms with Crippen molar-refractivity contribution in [3.8, 4) is 0 Å². The van der Waals surface area contributed by atoms with Crippen LogP contribution in [-0.2, 0) is 9.47 Å². The lowest BCUT2D eigenvalue weighted by Gasteiger charge is -2.20. The zero-order valence-corrected chi connectivity index (χ0v) is 13.6. The molecule has 0 radical (unpaired) electrons. The predicted octanol–water partition coefficient (Wildman–Crippen LogP) is 1.67. The van der Waals surface area contributed by atoms with Crippen molar-refractivity contribution in [2.24, 2.45) is 0 Å². The van der Waals surface area contributed by atoms with Gasteiger partial charge in [-0.15, -0.1) is 0 Å². The molecule has 4 atom stereocenters. The lowest BCUT2D eigenvalue weighted by atomic mass is 10.1. The summed E-state index contributed by atoms with van der Waals surface area (Å²) in [7, 11) is 1.49. The number of aromatic nitrogens is 2. The summed E-state index contributed by atoms with van der Waals surface area (Å²) < 4.78 is 12.5. The van der Waals surface area contributed by atoms with E-state index < -0.39 is 24.1 Å². The van der Waals surface area contributed by atoms with E-state index in [0.29, 0.717) is 12.2 Å². The van der Waals surface area contributed by atoms with Crippen molar-refractivity contribution < 1.29 is 14.6 Å². The summed E-state index contributed by atoms with van der Waals surface area (Å²) in [6.07, 6.45) is -0.217. The van der Waals surface area contributed by atoms with E-state index in [1.54, 1.807) is 12.3 Å². The first kappa shape index (κ1) is 16.6. The summed E-state index contributed by atoms with van der Waals surface area (Å²) in [5.74, 6) is 0.446. The Balaban J connectivity index is 1.83. The van der Waals surface area contributed by atoms with Gasteiger partial charge in [0.25, 0.3) is 0 Å². The molecule has 7 nitrogen and oxygen atoms in total. The first-order valence-corrected chi connectivity index (χ1v) is 7.91. The molecule has 24 heavy (non-hydrogen) atoms. The molecule has 1 aliphatic rings. The average molecular weight is 331 g/mol. The highest BCUT2D eigenvalue weighted by atomic mass is 16.6. The van der Waals surface area contributed by atoms with Gasteiger partial charge in [0, 0.05) is 19.0 Å². The number of hydrogen-bond donors (Lipinski definition) is 2. The van der Waals surface area contributed by atoms with Crippen LogP contribution in [0.4, 0.5) is 11.5 Å². The van der Waals surface area contributed by atoms with Gasteiger partial charge in [-0.1, -0.05) is 25.1 Å². The molecule has 0 saturated carbocycles. The van der Waals surface area contributed by atoms with E-state index in [9.17, 15) is 9.90 Å². The van der Waals surface area contributed by atoms with E-state index >= 15 is 0 Å². The largest absolute Gasteiger partial charge is 0.388 e. The summed E-state index contributed by atoms with van der Waals surface area (Å²) in [5, 5.41) is 13.3. The maximum Gasteiger partial charge on any atom is 0.351 e. The molecule has 1 fully saturated rings. The van der Waals surface area contributed by atoms with Crippen molar-refractivity contribution in [1.29, 1.82) is 0 Å². The Morgan fingerprint density at radius 2 is 2.08 bits per heavy atom. The minimum atomic E-state index is -0.779. The number of hydrogen-bond acceptors (Lipinski definition) is 6. The van der Waals surface area contributed by atoms with Gasteiger partial charge in [-0.05, 0) is 24.6 Å². The first-order valence-electron chi connectivity index (χ1n) is 7.91. The molecule has 1 aromatic heterocycles. The second-order valence-electron chi connectivity index (χ2n) is 5.66. The minimum absolute atomic E-state index is 0.367. The Kier molecular flexibility index (Phi) is 4.94. The molecule has 0 amide bonds. The Labute approximate surface area is 139 Å². The molecule has 1 saturated heterocycles. The number of aliphatic hydroxyl groups is 1. The zero-order chi connectivity index (χ0) is 17.1. The van der Waals surface area contributed by atoms with Gasteiger partial charge in [0.2, 0.25) is 0 Å². The number of nitrogens with zero attached hydrogens (tertiary/aromatic N) is 2. The van der Waals surface area contributed by atoms with Crippen LogP contribution < -0.4 is 11.0 Å². The van der Waals surface area contributed by atoms with Crippen LogP contribution >= 0.6 is 0 Å². The van der Waals surface area contributed by atoms with Gasteiger partial charge in [0.1, 0.15) is 18.0 Å². The quantitative estimate of drug-likeness (QED) is 0.867. The summed E-state index contributed by atoms with van der Waals surface area (Å²) >= 11 is 0. The van der Waals surface area contributed by atoms with Crippen LogP contribution in [0.2, 0.25) is 0 Å². The molecule has 128 valence electrons. The third kappa shape index (κ3) is 3.19. The Morgan fingerprint density at radius 3 is 2.71 bits per heavy atom. The number of para-hydroxylation sites is 1. The molecule has 0 spiro atoms. The second kappa shape index (κ2) is 7.12.